The molecule has 1 aliphatic rings. The first-order chi connectivity index (χ1) is 19.6. The maximum Gasteiger partial charge on any atom is 0.338 e. The van der Waals surface area contributed by atoms with E-state index >= 15 is 0 Å². The van der Waals surface area contributed by atoms with E-state index in [1.54, 1.807) is 19.1 Å². The van der Waals surface area contributed by atoms with Gasteiger partial charge in [0.2, 0.25) is 0 Å². The van der Waals surface area contributed by atoms with Crippen molar-refractivity contribution in [3.8, 4) is 11.5 Å². The standard InChI is InChI=1S/C31H29BrN2O7/c1-5-39-26-16-21(15-25(32)27(26)41-17-20-8-7-18(3)19(4)13-20)14-24-28(35)33-31(38)34(29(24)36)23-11-9-22(10-12-23)30(37)40-6-2/h7-16H,5-6,17H2,1-4H3,(H,33,35,38)/b24-14+. The summed E-state index contributed by atoms with van der Waals surface area (Å²) in [5, 5.41) is 2.20. The van der Waals surface area contributed by atoms with Crippen LogP contribution in [0.15, 0.2) is 64.6 Å². The Labute approximate surface area is 246 Å². The molecule has 3 aromatic rings. The molecule has 1 N–H and O–H groups in total. The van der Waals surface area contributed by atoms with Crippen LogP contribution in [0.2, 0.25) is 0 Å². The van der Waals surface area contributed by atoms with E-state index in [2.05, 4.69) is 27.3 Å². The number of urea groups is 1. The number of benzene rings is 3. The Bertz CT molecular complexity index is 1550. The Morgan fingerprint density at radius 2 is 1.66 bits per heavy atom. The van der Waals surface area contributed by atoms with Crippen LogP contribution in [0.25, 0.3) is 6.08 Å². The van der Waals surface area contributed by atoms with Gasteiger partial charge in [0.05, 0.1) is 28.9 Å². The molecule has 0 bridgehead atoms. The first kappa shape index (κ1) is 29.5. The highest BCUT2D eigenvalue weighted by atomic mass is 79.9. The largest absolute Gasteiger partial charge is 0.490 e. The zero-order valence-electron chi connectivity index (χ0n) is 23.1. The maximum absolute atomic E-state index is 13.4. The number of rotatable bonds is 9. The number of imide groups is 2. The molecule has 3 aromatic carbocycles. The fourth-order valence-corrected chi connectivity index (χ4v) is 4.72. The van der Waals surface area contributed by atoms with Gasteiger partial charge in [-0.2, -0.15) is 0 Å². The molecule has 1 fully saturated rings. The number of nitrogens with zero attached hydrogens (tertiary/aromatic N) is 1. The number of halogens is 1. The number of nitrogens with one attached hydrogen (secondary N) is 1. The third-order valence-electron chi connectivity index (χ3n) is 6.34. The average molecular weight is 621 g/mol. The van der Waals surface area contributed by atoms with E-state index < -0.39 is 23.8 Å². The number of anilines is 1. The summed E-state index contributed by atoms with van der Waals surface area (Å²) in [6.07, 6.45) is 1.38. The predicted octanol–water partition coefficient (Wildman–Crippen LogP) is 5.89. The molecule has 1 saturated heterocycles. The van der Waals surface area contributed by atoms with Crippen molar-refractivity contribution in [1.82, 2.24) is 5.32 Å². The molecule has 0 aliphatic carbocycles. The maximum atomic E-state index is 13.4. The molecule has 10 heteroatoms. The van der Waals surface area contributed by atoms with Crippen LogP contribution in [0.5, 0.6) is 11.5 Å². The summed E-state index contributed by atoms with van der Waals surface area (Å²) >= 11 is 3.53. The number of esters is 1. The fraction of sp³-hybridized carbons (Fsp3) is 0.226. The Morgan fingerprint density at radius 3 is 2.32 bits per heavy atom. The topological polar surface area (TPSA) is 111 Å². The first-order valence-corrected chi connectivity index (χ1v) is 13.8. The van der Waals surface area contributed by atoms with Crippen LogP contribution >= 0.6 is 15.9 Å². The Balaban J connectivity index is 1.62. The van der Waals surface area contributed by atoms with Gasteiger partial charge >= 0.3 is 12.0 Å². The SMILES string of the molecule is CCOC(=O)c1ccc(N2C(=O)NC(=O)/C(=C\c3cc(Br)c(OCc4ccc(C)c(C)c4)c(OCC)c3)C2=O)cc1. The number of carbonyl (C=O) groups excluding carboxylic acids is 4. The van der Waals surface area contributed by atoms with Crippen molar-refractivity contribution in [1.29, 1.82) is 0 Å². The second kappa shape index (κ2) is 12.8. The van der Waals surface area contributed by atoms with Gasteiger partial charge in [-0.1, -0.05) is 18.2 Å². The minimum absolute atomic E-state index is 0.185. The highest BCUT2D eigenvalue weighted by molar-refractivity contribution is 9.10. The summed E-state index contributed by atoms with van der Waals surface area (Å²) in [4.78, 5) is 51.5. The number of carbonyl (C=O) groups is 4. The van der Waals surface area contributed by atoms with Crippen molar-refractivity contribution in [2.75, 3.05) is 18.1 Å². The summed E-state index contributed by atoms with van der Waals surface area (Å²) in [6, 6.07) is 14.3. The van der Waals surface area contributed by atoms with Crippen molar-refractivity contribution in [3.05, 3.63) is 92.5 Å². The van der Waals surface area contributed by atoms with Crippen LogP contribution in [0.4, 0.5) is 10.5 Å². The van der Waals surface area contributed by atoms with E-state index in [9.17, 15) is 19.2 Å². The number of amides is 4. The second-order valence-corrected chi connectivity index (χ2v) is 10.0. The van der Waals surface area contributed by atoms with Gasteiger partial charge in [-0.15, -0.1) is 0 Å². The van der Waals surface area contributed by atoms with E-state index in [-0.39, 0.29) is 23.4 Å². The molecule has 0 spiro atoms. The van der Waals surface area contributed by atoms with Crippen LogP contribution in [-0.4, -0.2) is 37.0 Å². The van der Waals surface area contributed by atoms with Gasteiger partial charge in [-0.3, -0.25) is 14.9 Å². The van der Waals surface area contributed by atoms with Crippen molar-refractivity contribution in [2.24, 2.45) is 0 Å². The number of hydrogen-bond acceptors (Lipinski definition) is 7. The molecule has 9 nitrogen and oxygen atoms in total. The molecular formula is C31H29BrN2O7. The minimum atomic E-state index is -0.896. The van der Waals surface area contributed by atoms with Gasteiger partial charge < -0.3 is 14.2 Å². The molecular weight excluding hydrogens is 592 g/mol. The molecule has 1 aliphatic heterocycles. The second-order valence-electron chi connectivity index (χ2n) is 9.20. The van der Waals surface area contributed by atoms with Crippen LogP contribution in [0.1, 0.15) is 46.5 Å². The lowest BCUT2D eigenvalue weighted by Crippen LogP contribution is -2.54. The molecule has 0 saturated carbocycles. The van der Waals surface area contributed by atoms with Crippen LogP contribution in [-0.2, 0) is 20.9 Å². The molecule has 41 heavy (non-hydrogen) atoms. The third-order valence-corrected chi connectivity index (χ3v) is 6.92. The minimum Gasteiger partial charge on any atom is -0.490 e. The first-order valence-electron chi connectivity index (χ1n) is 13.0. The number of aryl methyl sites for hydroxylation is 2. The van der Waals surface area contributed by atoms with E-state index in [0.717, 1.165) is 16.0 Å². The van der Waals surface area contributed by atoms with Crippen molar-refractivity contribution in [3.63, 3.8) is 0 Å². The van der Waals surface area contributed by atoms with Gasteiger partial charge in [-0.25, -0.2) is 14.5 Å². The monoisotopic (exact) mass is 620 g/mol. The van der Waals surface area contributed by atoms with Gasteiger partial charge in [0, 0.05) is 0 Å². The molecule has 1 heterocycles. The summed E-state index contributed by atoms with van der Waals surface area (Å²) in [5.41, 5.74) is 4.03. The average Bonchev–Trinajstić information content (AvgIpc) is 2.93. The summed E-state index contributed by atoms with van der Waals surface area (Å²) < 4.78 is 17.4. The Hall–Kier alpha value is -4.44. The predicted molar refractivity (Wildman–Crippen MR) is 157 cm³/mol. The van der Waals surface area contributed by atoms with Gasteiger partial charge in [-0.05, 0) is 108 Å². The molecule has 0 aromatic heterocycles. The Morgan fingerprint density at radius 1 is 0.927 bits per heavy atom. The number of hydrogen-bond donors (Lipinski definition) is 1. The number of ether oxygens (including phenoxy) is 3. The van der Waals surface area contributed by atoms with Crippen LogP contribution in [0, 0.1) is 13.8 Å². The Kier molecular flexibility index (Phi) is 9.24. The normalized spacial score (nSPS) is 14.2. The molecule has 4 amide bonds. The van der Waals surface area contributed by atoms with Gasteiger partial charge in [0.25, 0.3) is 11.8 Å². The summed E-state index contributed by atoms with van der Waals surface area (Å²) in [5.74, 6) is -1.27. The molecule has 0 radical (unpaired) electrons. The van der Waals surface area contributed by atoms with Crippen LogP contribution < -0.4 is 19.7 Å². The lowest BCUT2D eigenvalue weighted by atomic mass is 10.1. The highest BCUT2D eigenvalue weighted by Crippen LogP contribution is 2.38. The van der Waals surface area contributed by atoms with Crippen molar-refractivity contribution in [2.45, 2.75) is 34.3 Å². The zero-order chi connectivity index (χ0) is 29.7. The molecule has 4 rings (SSSR count). The smallest absolute Gasteiger partial charge is 0.338 e. The highest BCUT2D eigenvalue weighted by Gasteiger charge is 2.37. The number of barbiturate groups is 1. The van der Waals surface area contributed by atoms with E-state index in [0.29, 0.717) is 34.7 Å². The summed E-state index contributed by atoms with van der Waals surface area (Å²) in [6.45, 7) is 8.49. The lowest BCUT2D eigenvalue weighted by molar-refractivity contribution is -0.122. The quantitative estimate of drug-likeness (QED) is 0.180. The lowest BCUT2D eigenvalue weighted by Gasteiger charge is -2.26. The van der Waals surface area contributed by atoms with Crippen LogP contribution in [0.3, 0.4) is 0 Å². The third kappa shape index (κ3) is 6.66. The van der Waals surface area contributed by atoms with E-state index in [1.165, 1.54) is 35.9 Å². The zero-order valence-corrected chi connectivity index (χ0v) is 24.7. The summed E-state index contributed by atoms with van der Waals surface area (Å²) in [7, 11) is 0. The van der Waals surface area contributed by atoms with Gasteiger partial charge in [0.1, 0.15) is 12.2 Å². The van der Waals surface area contributed by atoms with E-state index in [1.807, 2.05) is 32.9 Å². The van der Waals surface area contributed by atoms with Crippen molar-refractivity contribution < 1.29 is 33.4 Å². The molecule has 212 valence electrons. The van der Waals surface area contributed by atoms with Crippen molar-refractivity contribution >= 4 is 51.5 Å². The van der Waals surface area contributed by atoms with E-state index in [4.69, 9.17) is 14.2 Å². The fourth-order valence-electron chi connectivity index (χ4n) is 4.14. The molecule has 0 unspecified atom stereocenters. The molecule has 0 atom stereocenters. The van der Waals surface area contributed by atoms with Gasteiger partial charge in [0.15, 0.2) is 11.5 Å².